The van der Waals surface area contributed by atoms with E-state index in [-0.39, 0.29) is 18.8 Å². The average Bonchev–Trinajstić information content (AvgIpc) is 2.79. The maximum absolute atomic E-state index is 12.0. The van der Waals surface area contributed by atoms with Crippen LogP contribution in [0.5, 0.6) is 5.75 Å². The number of carbonyl (C=O) groups is 2. The predicted octanol–water partition coefficient (Wildman–Crippen LogP) is 1.14. The summed E-state index contributed by atoms with van der Waals surface area (Å²) in [6, 6.07) is 7.22. The molecule has 1 aliphatic heterocycles. The number of benzene rings is 2. The minimum absolute atomic E-state index is 0.104. The molecule has 0 saturated carbocycles. The van der Waals surface area contributed by atoms with E-state index >= 15 is 0 Å². The van der Waals surface area contributed by atoms with Crippen LogP contribution in [0.2, 0.25) is 0 Å². The molecule has 0 aromatic heterocycles. The summed E-state index contributed by atoms with van der Waals surface area (Å²) in [6.07, 6.45) is 0. The topological polar surface area (TPSA) is 87.7 Å². The first-order chi connectivity index (χ1) is 10.2. The van der Waals surface area contributed by atoms with E-state index in [9.17, 15) is 9.59 Å². The van der Waals surface area contributed by atoms with Crippen molar-refractivity contribution in [1.29, 1.82) is 0 Å². The molecule has 108 valence electrons. The van der Waals surface area contributed by atoms with Crippen LogP contribution < -0.4 is 15.4 Å². The lowest BCUT2D eigenvalue weighted by Crippen LogP contribution is -2.20. The third kappa shape index (κ3) is 1.92. The van der Waals surface area contributed by atoms with Crippen molar-refractivity contribution in [2.75, 3.05) is 25.6 Å². The fourth-order valence-corrected chi connectivity index (χ4v) is 2.63. The highest BCUT2D eigenvalue weighted by Crippen LogP contribution is 2.41. The van der Waals surface area contributed by atoms with Crippen LogP contribution in [-0.2, 0) is 0 Å². The number of hydrogen-bond acceptors (Lipinski definition) is 5. The fraction of sp³-hybridized carbons (Fsp3) is 0.200. The second kappa shape index (κ2) is 5.06. The molecule has 0 saturated heterocycles. The van der Waals surface area contributed by atoms with Crippen LogP contribution >= 0.6 is 0 Å². The predicted molar refractivity (Wildman–Crippen MR) is 77.9 cm³/mol. The molecule has 2 aromatic rings. The summed E-state index contributed by atoms with van der Waals surface area (Å²) >= 11 is 0. The molecule has 1 heterocycles. The SMILES string of the molecule is CNc1c2c(c3ccccc3c1OCCO)C(=O)NC2=O. The smallest absolute Gasteiger partial charge is 0.261 e. The standard InChI is InChI=1S/C15H14N2O4/c1-16-12-11-10(14(19)17-15(11)20)8-4-2-3-5-9(8)13(12)21-7-6-18/h2-5,16,18H,6-7H2,1H3,(H,17,19,20). The molecule has 6 heteroatoms. The Bertz CT molecular complexity index is 755. The first kappa shape index (κ1) is 13.4. The number of aliphatic hydroxyl groups is 1. The van der Waals surface area contributed by atoms with Gasteiger partial charge in [-0.3, -0.25) is 14.9 Å². The summed E-state index contributed by atoms with van der Waals surface area (Å²) in [7, 11) is 1.66. The quantitative estimate of drug-likeness (QED) is 0.734. The maximum atomic E-state index is 12.0. The zero-order valence-electron chi connectivity index (χ0n) is 11.4. The van der Waals surface area contributed by atoms with Gasteiger partial charge in [-0.2, -0.15) is 0 Å². The molecule has 21 heavy (non-hydrogen) atoms. The van der Waals surface area contributed by atoms with Crippen LogP contribution in [0.1, 0.15) is 20.7 Å². The summed E-state index contributed by atoms with van der Waals surface area (Å²) < 4.78 is 5.60. The highest BCUT2D eigenvalue weighted by molar-refractivity contribution is 6.30. The van der Waals surface area contributed by atoms with Gasteiger partial charge in [-0.15, -0.1) is 0 Å². The molecule has 0 fully saturated rings. The Kier molecular flexibility index (Phi) is 3.23. The lowest BCUT2D eigenvalue weighted by Gasteiger charge is -2.16. The molecule has 2 amide bonds. The van der Waals surface area contributed by atoms with E-state index in [1.54, 1.807) is 19.2 Å². The number of ether oxygens (including phenoxy) is 1. The summed E-state index contributed by atoms with van der Waals surface area (Å²) in [5.74, 6) is -0.388. The van der Waals surface area contributed by atoms with Gasteiger partial charge in [0.05, 0.1) is 23.4 Å². The van der Waals surface area contributed by atoms with Crippen molar-refractivity contribution in [3.63, 3.8) is 0 Å². The van der Waals surface area contributed by atoms with Crippen LogP contribution in [0, 0.1) is 0 Å². The van der Waals surface area contributed by atoms with E-state index in [4.69, 9.17) is 9.84 Å². The Labute approximate surface area is 120 Å². The van der Waals surface area contributed by atoms with Crippen molar-refractivity contribution in [2.24, 2.45) is 0 Å². The largest absolute Gasteiger partial charge is 0.488 e. The molecule has 6 nitrogen and oxygen atoms in total. The number of aliphatic hydroxyl groups excluding tert-OH is 1. The maximum Gasteiger partial charge on any atom is 0.261 e. The number of nitrogens with one attached hydrogen (secondary N) is 2. The number of anilines is 1. The molecule has 0 aliphatic carbocycles. The van der Waals surface area contributed by atoms with Gasteiger partial charge in [-0.1, -0.05) is 24.3 Å². The average molecular weight is 286 g/mol. The van der Waals surface area contributed by atoms with Crippen molar-refractivity contribution in [3.8, 4) is 5.75 Å². The number of fused-ring (bicyclic) bond motifs is 3. The number of imide groups is 1. The van der Waals surface area contributed by atoms with E-state index in [0.29, 0.717) is 22.4 Å². The van der Waals surface area contributed by atoms with Gasteiger partial charge in [0, 0.05) is 12.4 Å². The number of rotatable bonds is 4. The first-order valence-electron chi connectivity index (χ1n) is 6.54. The highest BCUT2D eigenvalue weighted by atomic mass is 16.5. The van der Waals surface area contributed by atoms with E-state index in [1.807, 2.05) is 12.1 Å². The van der Waals surface area contributed by atoms with Gasteiger partial charge in [-0.05, 0) is 5.39 Å². The Balaban J connectivity index is 2.40. The molecule has 2 aromatic carbocycles. The van der Waals surface area contributed by atoms with Gasteiger partial charge in [0.15, 0.2) is 5.75 Å². The van der Waals surface area contributed by atoms with Gasteiger partial charge in [0.1, 0.15) is 6.61 Å². The molecule has 0 unspecified atom stereocenters. The molecular weight excluding hydrogens is 272 g/mol. The van der Waals surface area contributed by atoms with Gasteiger partial charge in [-0.25, -0.2) is 0 Å². The molecule has 3 rings (SSSR count). The number of carbonyl (C=O) groups excluding carboxylic acids is 2. The van der Waals surface area contributed by atoms with Gasteiger partial charge in [0.2, 0.25) is 0 Å². The van der Waals surface area contributed by atoms with Crippen LogP contribution in [0.4, 0.5) is 5.69 Å². The van der Waals surface area contributed by atoms with Gasteiger partial charge in [0.25, 0.3) is 11.8 Å². The van der Waals surface area contributed by atoms with Crippen molar-refractivity contribution in [1.82, 2.24) is 5.32 Å². The van der Waals surface area contributed by atoms with Crippen molar-refractivity contribution in [3.05, 3.63) is 35.4 Å². The summed E-state index contributed by atoms with van der Waals surface area (Å²) in [4.78, 5) is 24.1. The van der Waals surface area contributed by atoms with Crippen LogP contribution in [0.15, 0.2) is 24.3 Å². The number of amides is 2. The molecule has 1 aliphatic rings. The van der Waals surface area contributed by atoms with E-state index in [1.165, 1.54) is 0 Å². The number of hydrogen-bond donors (Lipinski definition) is 3. The minimum atomic E-state index is -0.445. The Morgan fingerprint density at radius 2 is 1.81 bits per heavy atom. The molecule has 0 radical (unpaired) electrons. The van der Waals surface area contributed by atoms with Crippen molar-refractivity contribution in [2.45, 2.75) is 0 Å². The molecular formula is C15H14N2O4. The molecule has 0 bridgehead atoms. The zero-order valence-corrected chi connectivity index (χ0v) is 11.4. The Morgan fingerprint density at radius 1 is 1.14 bits per heavy atom. The zero-order chi connectivity index (χ0) is 15.0. The van der Waals surface area contributed by atoms with Crippen molar-refractivity contribution >= 4 is 28.3 Å². The summed E-state index contributed by atoms with van der Waals surface area (Å²) in [6.45, 7) is -0.0350. The third-order valence-electron chi connectivity index (χ3n) is 3.44. The van der Waals surface area contributed by atoms with Crippen molar-refractivity contribution < 1.29 is 19.4 Å². The lowest BCUT2D eigenvalue weighted by atomic mass is 9.97. The second-order valence-corrected chi connectivity index (χ2v) is 4.61. The van der Waals surface area contributed by atoms with Gasteiger partial charge < -0.3 is 15.2 Å². The van der Waals surface area contributed by atoms with Crippen LogP contribution in [0.25, 0.3) is 10.8 Å². The monoisotopic (exact) mass is 286 g/mol. The fourth-order valence-electron chi connectivity index (χ4n) is 2.63. The Morgan fingerprint density at radius 3 is 2.48 bits per heavy atom. The summed E-state index contributed by atoms with van der Waals surface area (Å²) in [5.41, 5.74) is 1.10. The lowest BCUT2D eigenvalue weighted by molar-refractivity contribution is 0.0880. The molecule has 0 spiro atoms. The molecule has 3 N–H and O–H groups in total. The van der Waals surface area contributed by atoms with Gasteiger partial charge >= 0.3 is 0 Å². The third-order valence-corrected chi connectivity index (χ3v) is 3.44. The first-order valence-corrected chi connectivity index (χ1v) is 6.54. The van der Waals surface area contributed by atoms with E-state index < -0.39 is 11.8 Å². The summed E-state index contributed by atoms with van der Waals surface area (Å²) in [5, 5.41) is 15.6. The normalized spacial score (nSPS) is 13.2. The highest BCUT2D eigenvalue weighted by Gasteiger charge is 2.34. The van der Waals surface area contributed by atoms with Crippen LogP contribution in [-0.4, -0.2) is 37.2 Å². The Hall–Kier alpha value is -2.60. The van der Waals surface area contributed by atoms with E-state index in [2.05, 4.69) is 10.6 Å². The van der Waals surface area contributed by atoms with E-state index in [0.717, 1.165) is 5.39 Å². The minimum Gasteiger partial charge on any atom is -0.488 e. The second-order valence-electron chi connectivity index (χ2n) is 4.61. The van der Waals surface area contributed by atoms with Crippen LogP contribution in [0.3, 0.4) is 0 Å². The molecule has 0 atom stereocenters.